The SMILES string of the molecule is CCOCC(C(=O)OC)N(C)C(=O)C=Cc1ccc(OCc2csc(C)n2)cc1. The number of hydrogen-bond acceptors (Lipinski definition) is 7. The molecule has 0 saturated heterocycles. The summed E-state index contributed by atoms with van der Waals surface area (Å²) in [5.74, 6) is -0.113. The Kier molecular flexibility index (Phi) is 8.82. The van der Waals surface area contributed by atoms with Crippen molar-refractivity contribution in [1.29, 1.82) is 0 Å². The average molecular weight is 419 g/mol. The van der Waals surface area contributed by atoms with E-state index in [-0.39, 0.29) is 12.5 Å². The molecule has 2 aromatic rings. The van der Waals surface area contributed by atoms with Gasteiger partial charge in [-0.3, -0.25) is 4.79 Å². The van der Waals surface area contributed by atoms with E-state index in [1.54, 1.807) is 24.5 Å². The number of methoxy groups -OCH3 is 1. The maximum atomic E-state index is 12.4. The minimum atomic E-state index is -0.790. The average Bonchev–Trinajstić information content (AvgIpc) is 3.16. The van der Waals surface area contributed by atoms with Gasteiger partial charge in [-0.15, -0.1) is 11.3 Å². The van der Waals surface area contributed by atoms with Crippen molar-refractivity contribution in [3.63, 3.8) is 0 Å². The topological polar surface area (TPSA) is 78.0 Å². The van der Waals surface area contributed by atoms with E-state index >= 15 is 0 Å². The van der Waals surface area contributed by atoms with Crippen LogP contribution in [0, 0.1) is 6.92 Å². The van der Waals surface area contributed by atoms with Crippen molar-refractivity contribution in [1.82, 2.24) is 9.88 Å². The van der Waals surface area contributed by atoms with E-state index in [0.717, 1.165) is 22.0 Å². The first-order valence-corrected chi connectivity index (χ1v) is 10.1. The van der Waals surface area contributed by atoms with Gasteiger partial charge >= 0.3 is 5.97 Å². The van der Waals surface area contributed by atoms with Crippen molar-refractivity contribution < 1.29 is 23.8 Å². The molecule has 1 amide bonds. The highest BCUT2D eigenvalue weighted by Gasteiger charge is 2.26. The number of ether oxygens (including phenoxy) is 3. The molecule has 0 aliphatic rings. The van der Waals surface area contributed by atoms with Gasteiger partial charge in [-0.25, -0.2) is 9.78 Å². The largest absolute Gasteiger partial charge is 0.487 e. The van der Waals surface area contributed by atoms with Crippen molar-refractivity contribution in [2.75, 3.05) is 27.4 Å². The van der Waals surface area contributed by atoms with Crippen LogP contribution in [0.4, 0.5) is 0 Å². The number of hydrogen-bond donors (Lipinski definition) is 0. The fraction of sp³-hybridized carbons (Fsp3) is 0.381. The Morgan fingerprint density at radius 2 is 2.00 bits per heavy atom. The highest BCUT2D eigenvalue weighted by atomic mass is 32.1. The van der Waals surface area contributed by atoms with Gasteiger partial charge in [0.15, 0.2) is 6.04 Å². The van der Waals surface area contributed by atoms with Crippen molar-refractivity contribution in [2.45, 2.75) is 26.5 Å². The maximum Gasteiger partial charge on any atom is 0.331 e. The third-order valence-corrected chi connectivity index (χ3v) is 4.94. The minimum absolute atomic E-state index is 0.0871. The molecule has 8 heteroatoms. The Morgan fingerprint density at radius 3 is 2.59 bits per heavy atom. The van der Waals surface area contributed by atoms with Gasteiger partial charge < -0.3 is 19.1 Å². The van der Waals surface area contributed by atoms with Gasteiger partial charge in [-0.05, 0) is 37.6 Å². The maximum absolute atomic E-state index is 12.4. The molecule has 1 unspecified atom stereocenters. The predicted molar refractivity (Wildman–Crippen MR) is 112 cm³/mol. The zero-order valence-electron chi connectivity index (χ0n) is 17.1. The van der Waals surface area contributed by atoms with Gasteiger partial charge in [-0.2, -0.15) is 0 Å². The third-order valence-electron chi connectivity index (χ3n) is 4.12. The van der Waals surface area contributed by atoms with Gasteiger partial charge in [0, 0.05) is 25.1 Å². The summed E-state index contributed by atoms with van der Waals surface area (Å²) in [5.41, 5.74) is 1.74. The summed E-state index contributed by atoms with van der Waals surface area (Å²) in [7, 11) is 2.83. The number of aryl methyl sites for hydroxylation is 1. The molecule has 156 valence electrons. The van der Waals surface area contributed by atoms with Crippen molar-refractivity contribution in [3.8, 4) is 5.75 Å². The second-order valence-corrected chi connectivity index (χ2v) is 7.26. The molecule has 1 aromatic carbocycles. The Balaban J connectivity index is 1.93. The lowest BCUT2D eigenvalue weighted by molar-refractivity contribution is -0.152. The van der Waals surface area contributed by atoms with Crippen LogP contribution >= 0.6 is 11.3 Å². The number of likely N-dealkylation sites (N-methyl/N-ethyl adjacent to an activating group) is 1. The standard InChI is InChI=1S/C21H26N2O5S/c1-5-27-13-19(21(25)26-4)23(3)20(24)11-8-16-6-9-18(10-7-16)28-12-17-14-29-15(2)22-17/h6-11,14,19H,5,12-13H2,1-4H3. The molecule has 2 rings (SSSR count). The summed E-state index contributed by atoms with van der Waals surface area (Å²) in [6.45, 7) is 4.73. The van der Waals surface area contributed by atoms with Crippen LogP contribution < -0.4 is 4.74 Å². The summed E-state index contributed by atoms with van der Waals surface area (Å²) < 4.78 is 15.8. The molecule has 0 bridgehead atoms. The second kappa shape index (κ2) is 11.3. The van der Waals surface area contributed by atoms with E-state index in [4.69, 9.17) is 14.2 Å². The molecular formula is C21H26N2O5S. The summed E-state index contributed by atoms with van der Waals surface area (Å²) >= 11 is 1.59. The zero-order chi connectivity index (χ0) is 21.2. The number of benzene rings is 1. The Bertz CT molecular complexity index is 832. The Morgan fingerprint density at radius 1 is 1.28 bits per heavy atom. The van der Waals surface area contributed by atoms with Crippen LogP contribution in [0.1, 0.15) is 23.2 Å². The number of carbonyl (C=O) groups excluding carboxylic acids is 2. The van der Waals surface area contributed by atoms with E-state index in [9.17, 15) is 9.59 Å². The van der Waals surface area contributed by atoms with Crippen LogP contribution in [0.5, 0.6) is 5.75 Å². The predicted octanol–water partition coefficient (Wildman–Crippen LogP) is 3.08. The van der Waals surface area contributed by atoms with Gasteiger partial charge in [0.1, 0.15) is 12.4 Å². The molecule has 1 atom stereocenters. The number of nitrogens with zero attached hydrogens (tertiary/aromatic N) is 2. The summed E-state index contributed by atoms with van der Waals surface area (Å²) in [4.78, 5) is 30.0. The van der Waals surface area contributed by atoms with Gasteiger partial charge in [-0.1, -0.05) is 12.1 Å². The van der Waals surface area contributed by atoms with Crippen molar-refractivity contribution in [2.24, 2.45) is 0 Å². The quantitative estimate of drug-likeness (QED) is 0.436. The molecular weight excluding hydrogens is 392 g/mol. The fourth-order valence-corrected chi connectivity index (χ4v) is 3.05. The molecule has 1 aromatic heterocycles. The molecule has 0 N–H and O–H groups in total. The lowest BCUT2D eigenvalue weighted by atomic mass is 10.2. The first-order valence-electron chi connectivity index (χ1n) is 9.19. The number of esters is 1. The van der Waals surface area contributed by atoms with Crippen LogP contribution in [0.3, 0.4) is 0 Å². The van der Waals surface area contributed by atoms with Gasteiger partial charge in [0.05, 0.1) is 24.4 Å². The molecule has 0 radical (unpaired) electrons. The number of amides is 1. The summed E-state index contributed by atoms with van der Waals surface area (Å²) in [6.07, 6.45) is 3.09. The normalized spacial score (nSPS) is 12.0. The smallest absolute Gasteiger partial charge is 0.331 e. The third kappa shape index (κ3) is 6.99. The molecule has 0 fully saturated rings. The molecule has 29 heavy (non-hydrogen) atoms. The molecule has 7 nitrogen and oxygen atoms in total. The van der Waals surface area contributed by atoms with E-state index in [0.29, 0.717) is 13.2 Å². The van der Waals surface area contributed by atoms with Gasteiger partial charge in [0.25, 0.3) is 0 Å². The van der Waals surface area contributed by atoms with E-state index in [1.165, 1.54) is 18.1 Å². The molecule has 0 aliphatic heterocycles. The zero-order valence-corrected chi connectivity index (χ0v) is 17.9. The van der Waals surface area contributed by atoms with Gasteiger partial charge in [0.2, 0.25) is 5.91 Å². The van der Waals surface area contributed by atoms with Crippen molar-refractivity contribution >= 4 is 29.3 Å². The van der Waals surface area contributed by atoms with E-state index in [2.05, 4.69) is 4.98 Å². The van der Waals surface area contributed by atoms with E-state index in [1.807, 2.05) is 43.5 Å². The highest BCUT2D eigenvalue weighted by Crippen LogP contribution is 2.16. The lowest BCUT2D eigenvalue weighted by Crippen LogP contribution is -2.45. The number of carbonyl (C=O) groups is 2. The van der Waals surface area contributed by atoms with Crippen LogP contribution in [-0.4, -0.2) is 55.2 Å². The number of thiazole rings is 1. The first-order chi connectivity index (χ1) is 13.9. The van der Waals surface area contributed by atoms with E-state index < -0.39 is 12.0 Å². The van der Waals surface area contributed by atoms with Crippen LogP contribution in [0.2, 0.25) is 0 Å². The molecule has 0 aliphatic carbocycles. The Hall–Kier alpha value is -2.71. The monoisotopic (exact) mass is 418 g/mol. The number of rotatable bonds is 10. The Labute approximate surface area is 174 Å². The van der Waals surface area contributed by atoms with Crippen molar-refractivity contribution in [3.05, 3.63) is 52.0 Å². The summed E-state index contributed by atoms with van der Waals surface area (Å²) in [6, 6.07) is 6.58. The van der Waals surface area contributed by atoms with Crippen LogP contribution in [-0.2, 0) is 25.7 Å². The molecule has 0 saturated carbocycles. The lowest BCUT2D eigenvalue weighted by Gasteiger charge is -2.24. The fourth-order valence-electron chi connectivity index (χ4n) is 2.45. The second-order valence-electron chi connectivity index (χ2n) is 6.20. The van der Waals surface area contributed by atoms with Crippen LogP contribution in [0.15, 0.2) is 35.7 Å². The molecule has 0 spiro atoms. The minimum Gasteiger partial charge on any atom is -0.487 e. The number of aromatic nitrogens is 1. The van der Waals surface area contributed by atoms with Crippen LogP contribution in [0.25, 0.3) is 6.08 Å². The highest BCUT2D eigenvalue weighted by molar-refractivity contribution is 7.09. The first kappa shape index (κ1) is 22.6. The molecule has 1 heterocycles. The summed E-state index contributed by atoms with van der Waals surface area (Å²) in [5, 5.41) is 2.98.